The zero-order valence-electron chi connectivity index (χ0n) is 12.8. The molecular formula is C16H23NO4. The normalized spacial score (nSPS) is 24.0. The second-order valence-corrected chi connectivity index (χ2v) is 5.07. The summed E-state index contributed by atoms with van der Waals surface area (Å²) in [5, 5.41) is 0. The molecule has 0 aliphatic carbocycles. The summed E-state index contributed by atoms with van der Waals surface area (Å²) in [6.45, 7) is 3.48. The van der Waals surface area contributed by atoms with Gasteiger partial charge in [0, 0.05) is 27.3 Å². The summed E-state index contributed by atoms with van der Waals surface area (Å²) < 4.78 is 16.2. The molecule has 21 heavy (non-hydrogen) atoms. The highest BCUT2D eigenvalue weighted by Gasteiger charge is 2.40. The van der Waals surface area contributed by atoms with Gasteiger partial charge in [0.25, 0.3) is 0 Å². The Balaban J connectivity index is 2.22. The highest BCUT2D eigenvalue weighted by molar-refractivity contribution is 5.77. The Labute approximate surface area is 125 Å². The van der Waals surface area contributed by atoms with Crippen LogP contribution in [0.4, 0.5) is 0 Å². The lowest BCUT2D eigenvalue weighted by molar-refractivity contribution is -0.149. The minimum absolute atomic E-state index is 0.0318. The van der Waals surface area contributed by atoms with E-state index >= 15 is 0 Å². The SMILES string of the molecule is CCOC(=O)C(c1ccccc1)N1CC(OC)C(OC)C1. The molecular weight excluding hydrogens is 270 g/mol. The predicted octanol–water partition coefficient (Wildman–Crippen LogP) is 1.64. The van der Waals surface area contributed by atoms with Gasteiger partial charge in [0.05, 0.1) is 18.8 Å². The average molecular weight is 293 g/mol. The number of methoxy groups -OCH3 is 2. The molecule has 116 valence electrons. The summed E-state index contributed by atoms with van der Waals surface area (Å²) in [5.74, 6) is -0.227. The standard InChI is InChI=1S/C16H23NO4/c1-4-21-16(18)15(12-8-6-5-7-9-12)17-10-13(19-2)14(11-17)20-3/h5-9,13-15H,4,10-11H2,1-3H3. The quantitative estimate of drug-likeness (QED) is 0.746. The molecule has 1 fully saturated rings. The van der Waals surface area contributed by atoms with E-state index in [1.54, 1.807) is 14.2 Å². The average Bonchev–Trinajstić information content (AvgIpc) is 2.92. The number of benzene rings is 1. The molecule has 1 aromatic carbocycles. The summed E-state index contributed by atoms with van der Waals surface area (Å²) in [4.78, 5) is 14.4. The number of rotatable bonds is 6. The van der Waals surface area contributed by atoms with E-state index in [4.69, 9.17) is 14.2 Å². The molecule has 5 nitrogen and oxygen atoms in total. The van der Waals surface area contributed by atoms with Gasteiger partial charge in [-0.15, -0.1) is 0 Å². The molecule has 5 heteroatoms. The van der Waals surface area contributed by atoms with Crippen molar-refractivity contribution in [2.45, 2.75) is 25.2 Å². The van der Waals surface area contributed by atoms with Crippen molar-refractivity contribution in [3.63, 3.8) is 0 Å². The number of carbonyl (C=O) groups excluding carboxylic acids is 1. The van der Waals surface area contributed by atoms with Crippen LogP contribution < -0.4 is 0 Å². The van der Waals surface area contributed by atoms with Crippen LogP contribution in [0.15, 0.2) is 30.3 Å². The van der Waals surface area contributed by atoms with Crippen molar-refractivity contribution >= 4 is 5.97 Å². The van der Waals surface area contributed by atoms with Crippen LogP contribution in [-0.4, -0.2) is 57.0 Å². The summed E-state index contributed by atoms with van der Waals surface area (Å²) in [6, 6.07) is 9.28. The largest absolute Gasteiger partial charge is 0.465 e. The van der Waals surface area contributed by atoms with Crippen LogP contribution in [0.2, 0.25) is 0 Å². The highest BCUT2D eigenvalue weighted by atomic mass is 16.5. The van der Waals surface area contributed by atoms with E-state index in [2.05, 4.69) is 4.90 Å². The number of ether oxygens (including phenoxy) is 3. The monoisotopic (exact) mass is 293 g/mol. The van der Waals surface area contributed by atoms with Gasteiger partial charge in [-0.2, -0.15) is 0 Å². The Kier molecular flexibility index (Phi) is 5.73. The molecule has 1 heterocycles. The maximum atomic E-state index is 12.4. The van der Waals surface area contributed by atoms with Gasteiger partial charge in [0.2, 0.25) is 0 Å². The third-order valence-electron chi connectivity index (χ3n) is 3.84. The maximum Gasteiger partial charge on any atom is 0.328 e. The minimum Gasteiger partial charge on any atom is -0.465 e. The maximum absolute atomic E-state index is 12.4. The van der Waals surface area contributed by atoms with Crippen molar-refractivity contribution in [3.8, 4) is 0 Å². The smallest absolute Gasteiger partial charge is 0.328 e. The van der Waals surface area contributed by atoms with Crippen LogP contribution >= 0.6 is 0 Å². The Hall–Kier alpha value is -1.43. The van der Waals surface area contributed by atoms with Gasteiger partial charge >= 0.3 is 5.97 Å². The van der Waals surface area contributed by atoms with E-state index in [0.717, 1.165) is 5.56 Å². The van der Waals surface area contributed by atoms with Crippen LogP contribution in [0.1, 0.15) is 18.5 Å². The van der Waals surface area contributed by atoms with Crippen LogP contribution in [-0.2, 0) is 19.0 Å². The number of esters is 1. The second-order valence-electron chi connectivity index (χ2n) is 5.07. The summed E-state index contributed by atoms with van der Waals surface area (Å²) in [5.41, 5.74) is 0.933. The Morgan fingerprint density at radius 1 is 1.19 bits per heavy atom. The molecule has 1 aliphatic heterocycles. The first-order chi connectivity index (χ1) is 10.2. The lowest BCUT2D eigenvalue weighted by Gasteiger charge is -2.26. The molecule has 1 aliphatic rings. The molecule has 0 aromatic heterocycles. The van der Waals surface area contributed by atoms with Gasteiger partial charge in [-0.05, 0) is 12.5 Å². The van der Waals surface area contributed by atoms with Gasteiger partial charge in [-0.25, -0.2) is 4.79 Å². The van der Waals surface area contributed by atoms with E-state index in [9.17, 15) is 4.79 Å². The second kappa shape index (κ2) is 7.54. The molecule has 0 spiro atoms. The lowest BCUT2D eigenvalue weighted by atomic mass is 10.1. The van der Waals surface area contributed by atoms with Gasteiger partial charge in [0.15, 0.2) is 0 Å². The zero-order chi connectivity index (χ0) is 15.2. The molecule has 3 atom stereocenters. The molecule has 0 radical (unpaired) electrons. The van der Waals surface area contributed by atoms with E-state index in [1.807, 2.05) is 37.3 Å². The first-order valence-electron chi connectivity index (χ1n) is 7.22. The fourth-order valence-electron chi connectivity index (χ4n) is 2.79. The molecule has 0 saturated carbocycles. The van der Waals surface area contributed by atoms with Crippen LogP contribution in [0.25, 0.3) is 0 Å². The predicted molar refractivity (Wildman–Crippen MR) is 79.0 cm³/mol. The number of carbonyl (C=O) groups is 1. The molecule has 2 rings (SSSR count). The van der Waals surface area contributed by atoms with Crippen LogP contribution in [0.3, 0.4) is 0 Å². The topological polar surface area (TPSA) is 48.0 Å². The number of hydrogen-bond donors (Lipinski definition) is 0. The summed E-state index contributed by atoms with van der Waals surface area (Å²) in [7, 11) is 3.34. The fourth-order valence-corrected chi connectivity index (χ4v) is 2.79. The van der Waals surface area contributed by atoms with Gasteiger partial charge in [-0.1, -0.05) is 30.3 Å². The molecule has 0 N–H and O–H groups in total. The summed E-state index contributed by atoms with van der Waals surface area (Å²) >= 11 is 0. The van der Waals surface area contributed by atoms with Crippen molar-refractivity contribution in [2.24, 2.45) is 0 Å². The minimum atomic E-state index is -0.413. The van der Waals surface area contributed by atoms with Crippen molar-refractivity contribution in [1.82, 2.24) is 4.90 Å². The van der Waals surface area contributed by atoms with E-state index in [1.165, 1.54) is 0 Å². The van der Waals surface area contributed by atoms with Crippen molar-refractivity contribution in [1.29, 1.82) is 0 Å². The fraction of sp³-hybridized carbons (Fsp3) is 0.562. The Bertz CT molecular complexity index is 439. The molecule has 0 bridgehead atoms. The zero-order valence-corrected chi connectivity index (χ0v) is 12.8. The number of nitrogens with zero attached hydrogens (tertiary/aromatic N) is 1. The Morgan fingerprint density at radius 3 is 2.24 bits per heavy atom. The van der Waals surface area contributed by atoms with E-state index in [-0.39, 0.29) is 18.2 Å². The third-order valence-corrected chi connectivity index (χ3v) is 3.84. The molecule has 0 amide bonds. The highest BCUT2D eigenvalue weighted by Crippen LogP contribution is 2.28. The van der Waals surface area contributed by atoms with Crippen molar-refractivity contribution in [3.05, 3.63) is 35.9 Å². The molecule has 1 aromatic rings. The Morgan fingerprint density at radius 2 is 1.76 bits per heavy atom. The number of likely N-dealkylation sites (tertiary alicyclic amines) is 1. The van der Waals surface area contributed by atoms with Crippen LogP contribution in [0.5, 0.6) is 0 Å². The van der Waals surface area contributed by atoms with E-state index < -0.39 is 6.04 Å². The first-order valence-corrected chi connectivity index (χ1v) is 7.22. The van der Waals surface area contributed by atoms with Gasteiger partial charge < -0.3 is 14.2 Å². The number of hydrogen-bond acceptors (Lipinski definition) is 5. The first kappa shape index (κ1) is 15.9. The summed E-state index contributed by atoms with van der Waals surface area (Å²) in [6.07, 6.45) is -0.0636. The van der Waals surface area contributed by atoms with Gasteiger partial charge in [0.1, 0.15) is 6.04 Å². The third kappa shape index (κ3) is 3.61. The van der Waals surface area contributed by atoms with Crippen LogP contribution in [0, 0.1) is 0 Å². The van der Waals surface area contributed by atoms with Gasteiger partial charge in [-0.3, -0.25) is 4.90 Å². The van der Waals surface area contributed by atoms with E-state index in [0.29, 0.717) is 19.7 Å². The molecule has 3 unspecified atom stereocenters. The van der Waals surface area contributed by atoms with Crippen molar-refractivity contribution in [2.75, 3.05) is 33.9 Å². The van der Waals surface area contributed by atoms with Crippen molar-refractivity contribution < 1.29 is 19.0 Å². The molecule has 1 saturated heterocycles. The lowest BCUT2D eigenvalue weighted by Crippen LogP contribution is -2.34.